The number of anilines is 1. The zero-order valence-electron chi connectivity index (χ0n) is 10.5. The molecule has 0 N–H and O–H groups in total. The van der Waals surface area contributed by atoms with E-state index in [-0.39, 0.29) is 5.91 Å². The highest BCUT2D eigenvalue weighted by atomic mass is 16.7. The molecule has 0 bridgehead atoms. The van der Waals surface area contributed by atoms with Crippen LogP contribution in [0.15, 0.2) is 29.3 Å². The van der Waals surface area contributed by atoms with Gasteiger partial charge < -0.3 is 0 Å². The van der Waals surface area contributed by atoms with E-state index in [1.165, 1.54) is 5.06 Å². The van der Waals surface area contributed by atoms with Crippen molar-refractivity contribution in [3.8, 4) is 0 Å². The maximum Gasteiger partial charge on any atom is 0.253 e. The first-order valence-electron chi connectivity index (χ1n) is 6.41. The Balaban J connectivity index is 1.95. The lowest BCUT2D eigenvalue weighted by Crippen LogP contribution is -2.32. The van der Waals surface area contributed by atoms with Gasteiger partial charge in [0, 0.05) is 0 Å². The summed E-state index contributed by atoms with van der Waals surface area (Å²) < 4.78 is 0. The maximum absolute atomic E-state index is 11.7. The molecule has 19 heavy (non-hydrogen) atoms. The molecule has 1 aromatic rings. The molecular formula is C14H14N2O3. The summed E-state index contributed by atoms with van der Waals surface area (Å²) in [5.74, 6) is -0.0429. The lowest BCUT2D eigenvalue weighted by Gasteiger charge is -2.37. The molecule has 1 aliphatic heterocycles. The summed E-state index contributed by atoms with van der Waals surface area (Å²) in [7, 11) is 0. The number of nitrogens with zero attached hydrogens (tertiary/aromatic N) is 2. The van der Waals surface area contributed by atoms with Crippen molar-refractivity contribution in [2.75, 3.05) is 11.7 Å². The van der Waals surface area contributed by atoms with Gasteiger partial charge in [-0.1, -0.05) is 12.1 Å². The van der Waals surface area contributed by atoms with Crippen LogP contribution in [-0.4, -0.2) is 18.6 Å². The fourth-order valence-corrected chi connectivity index (χ4v) is 2.60. The third-order valence-electron chi connectivity index (χ3n) is 3.82. The Labute approximate surface area is 110 Å². The van der Waals surface area contributed by atoms with E-state index in [0.29, 0.717) is 18.7 Å². The predicted octanol–water partition coefficient (Wildman–Crippen LogP) is 2.07. The molecule has 2 fully saturated rings. The van der Waals surface area contributed by atoms with E-state index in [9.17, 15) is 9.59 Å². The van der Waals surface area contributed by atoms with Crippen LogP contribution < -0.4 is 5.06 Å². The number of carbonyl (C=O) groups excluding carboxylic acids is 2. The Hall–Kier alpha value is -1.97. The summed E-state index contributed by atoms with van der Waals surface area (Å²) in [6.07, 6.45) is 4.82. The van der Waals surface area contributed by atoms with Crippen molar-refractivity contribution in [3.63, 3.8) is 0 Å². The molecule has 2 aliphatic rings. The third kappa shape index (κ3) is 1.97. The minimum atomic E-state index is -0.444. The number of benzene rings is 1. The molecule has 1 amide bonds. The van der Waals surface area contributed by atoms with Crippen molar-refractivity contribution < 1.29 is 14.4 Å². The highest BCUT2D eigenvalue weighted by Gasteiger charge is 2.39. The van der Waals surface area contributed by atoms with E-state index in [4.69, 9.17) is 4.84 Å². The van der Waals surface area contributed by atoms with Crippen molar-refractivity contribution in [1.29, 1.82) is 0 Å². The molecule has 98 valence electrons. The van der Waals surface area contributed by atoms with Crippen molar-refractivity contribution in [2.24, 2.45) is 4.99 Å². The van der Waals surface area contributed by atoms with Crippen molar-refractivity contribution in [3.05, 3.63) is 29.8 Å². The van der Waals surface area contributed by atoms with Gasteiger partial charge in [-0.2, -0.15) is 10.1 Å². The number of isocyanates is 1. The molecule has 3 rings (SSSR count). The average Bonchev–Trinajstić information content (AvgIpc) is 2.80. The number of hydrogen-bond acceptors (Lipinski definition) is 4. The second kappa shape index (κ2) is 4.61. The van der Waals surface area contributed by atoms with E-state index < -0.39 is 5.54 Å². The summed E-state index contributed by atoms with van der Waals surface area (Å²) in [6.45, 7) is 0.417. The van der Waals surface area contributed by atoms with E-state index in [0.717, 1.165) is 24.8 Å². The summed E-state index contributed by atoms with van der Waals surface area (Å²) in [4.78, 5) is 31.5. The van der Waals surface area contributed by atoms with Crippen LogP contribution in [0.3, 0.4) is 0 Å². The molecule has 0 atom stereocenters. The maximum atomic E-state index is 11.7. The molecule has 1 aliphatic carbocycles. The quantitative estimate of drug-likeness (QED) is 0.616. The van der Waals surface area contributed by atoms with Crippen molar-refractivity contribution >= 4 is 17.7 Å². The SMILES string of the molecule is O=C=NC1(c2cccc(N3OCCC3=O)c2)CCC1. The second-order valence-electron chi connectivity index (χ2n) is 4.91. The summed E-state index contributed by atoms with van der Waals surface area (Å²) in [5.41, 5.74) is 1.20. The standard InChI is InChI=1S/C14H14N2O3/c17-10-15-14(6-2-7-14)11-3-1-4-12(9-11)16-13(18)5-8-19-16/h1,3-4,9H,2,5-8H2. The first-order valence-corrected chi connectivity index (χ1v) is 6.41. The Bertz CT molecular complexity index is 560. The highest BCUT2D eigenvalue weighted by Crippen LogP contribution is 2.45. The van der Waals surface area contributed by atoms with Gasteiger partial charge in [0.1, 0.15) is 0 Å². The molecule has 0 spiro atoms. The van der Waals surface area contributed by atoms with Crippen molar-refractivity contribution in [2.45, 2.75) is 31.2 Å². The Morgan fingerprint density at radius 3 is 2.79 bits per heavy atom. The molecule has 1 heterocycles. The van der Waals surface area contributed by atoms with Gasteiger partial charge in [-0.05, 0) is 37.0 Å². The van der Waals surface area contributed by atoms with Gasteiger partial charge in [-0.3, -0.25) is 9.63 Å². The fraction of sp³-hybridized carbons (Fsp3) is 0.429. The number of amides is 1. The normalized spacial score (nSPS) is 20.8. The van der Waals surface area contributed by atoms with Gasteiger partial charge in [0.05, 0.1) is 24.3 Å². The van der Waals surface area contributed by atoms with Crippen LogP contribution in [0.4, 0.5) is 5.69 Å². The highest BCUT2D eigenvalue weighted by molar-refractivity contribution is 5.92. The molecule has 1 saturated heterocycles. The van der Waals surface area contributed by atoms with E-state index in [2.05, 4.69) is 4.99 Å². The number of rotatable bonds is 3. The molecule has 5 heteroatoms. The van der Waals surface area contributed by atoms with Gasteiger partial charge in [0.2, 0.25) is 6.08 Å². The lowest BCUT2D eigenvalue weighted by molar-refractivity contribution is -0.119. The van der Waals surface area contributed by atoms with Gasteiger partial charge in [-0.25, -0.2) is 4.79 Å². The van der Waals surface area contributed by atoms with E-state index >= 15 is 0 Å². The molecule has 1 saturated carbocycles. The first kappa shape index (κ1) is 12.1. The van der Waals surface area contributed by atoms with Gasteiger partial charge in [0.15, 0.2) is 0 Å². The molecule has 0 aromatic heterocycles. The van der Waals surface area contributed by atoms with Crippen LogP contribution >= 0.6 is 0 Å². The van der Waals surface area contributed by atoms with Crippen molar-refractivity contribution in [1.82, 2.24) is 0 Å². The molecule has 1 aromatic carbocycles. The molecular weight excluding hydrogens is 244 g/mol. The Kier molecular flexibility index (Phi) is 2.93. The largest absolute Gasteiger partial charge is 0.272 e. The van der Waals surface area contributed by atoms with Gasteiger partial charge in [-0.15, -0.1) is 0 Å². The van der Waals surface area contributed by atoms with E-state index in [1.807, 2.05) is 24.3 Å². The van der Waals surface area contributed by atoms with Gasteiger partial charge in [0.25, 0.3) is 5.91 Å². The topological polar surface area (TPSA) is 59.0 Å². The average molecular weight is 258 g/mol. The van der Waals surface area contributed by atoms with Crippen LogP contribution in [0.1, 0.15) is 31.2 Å². The van der Waals surface area contributed by atoms with Crippen LogP contribution in [-0.2, 0) is 20.0 Å². The number of hydrogen-bond donors (Lipinski definition) is 0. The van der Waals surface area contributed by atoms with Gasteiger partial charge >= 0.3 is 0 Å². The summed E-state index contributed by atoms with van der Waals surface area (Å²) >= 11 is 0. The zero-order valence-corrected chi connectivity index (χ0v) is 10.5. The molecule has 0 radical (unpaired) electrons. The van der Waals surface area contributed by atoms with Crippen LogP contribution in [0.25, 0.3) is 0 Å². The number of hydroxylamine groups is 1. The Morgan fingerprint density at radius 1 is 1.37 bits per heavy atom. The van der Waals surface area contributed by atoms with E-state index in [1.54, 1.807) is 6.08 Å². The smallest absolute Gasteiger partial charge is 0.253 e. The summed E-state index contributed by atoms with van der Waals surface area (Å²) in [6, 6.07) is 7.50. The number of carbonyl (C=O) groups is 1. The van der Waals surface area contributed by atoms with Crippen LogP contribution in [0.2, 0.25) is 0 Å². The molecule has 0 unspecified atom stereocenters. The zero-order chi connectivity index (χ0) is 13.3. The minimum Gasteiger partial charge on any atom is -0.272 e. The molecule has 5 nitrogen and oxygen atoms in total. The fourth-order valence-electron chi connectivity index (χ4n) is 2.60. The predicted molar refractivity (Wildman–Crippen MR) is 68.1 cm³/mol. The second-order valence-corrected chi connectivity index (χ2v) is 4.91. The first-order chi connectivity index (χ1) is 9.25. The van der Waals surface area contributed by atoms with Crippen LogP contribution in [0.5, 0.6) is 0 Å². The summed E-state index contributed by atoms with van der Waals surface area (Å²) in [5, 5.41) is 1.32. The monoisotopic (exact) mass is 258 g/mol. The number of aliphatic imine (C=N–C) groups is 1. The lowest BCUT2D eigenvalue weighted by atomic mass is 9.72. The minimum absolute atomic E-state index is 0.0429. The Morgan fingerprint density at radius 2 is 2.21 bits per heavy atom. The van der Waals surface area contributed by atoms with Crippen LogP contribution in [0, 0.1) is 0 Å². The third-order valence-corrected chi connectivity index (χ3v) is 3.82.